The van der Waals surface area contributed by atoms with Crippen LogP contribution in [0.1, 0.15) is 16.8 Å². The van der Waals surface area contributed by atoms with E-state index in [-0.39, 0.29) is 0 Å². The first kappa shape index (κ1) is 19.2. The Balaban J connectivity index is 1.54. The third kappa shape index (κ3) is 4.63. The molecule has 4 aromatic rings. The van der Waals surface area contributed by atoms with Gasteiger partial charge >= 0.3 is 0 Å². The number of hydrogen-bond donors (Lipinski definition) is 2. The van der Waals surface area contributed by atoms with Crippen molar-refractivity contribution in [2.24, 2.45) is 0 Å². The van der Waals surface area contributed by atoms with Gasteiger partial charge in [0.05, 0.1) is 0 Å². The number of nitrogens with one attached hydrogen (secondary N) is 2. The maximum absolute atomic E-state index is 5.77. The van der Waals surface area contributed by atoms with Crippen LogP contribution >= 0.6 is 12.2 Å². The van der Waals surface area contributed by atoms with Crippen LogP contribution in [-0.2, 0) is 13.0 Å². The SMILES string of the molecule is Cc1[nH]c2ccccc2c1CCN(Cc1cccnc1)C(=S)Nc1ccccc1. The summed E-state index contributed by atoms with van der Waals surface area (Å²) in [4.78, 5) is 9.95. The smallest absolute Gasteiger partial charge is 0.173 e. The zero-order valence-corrected chi connectivity index (χ0v) is 17.2. The van der Waals surface area contributed by atoms with Crippen LogP contribution in [0.3, 0.4) is 0 Å². The molecule has 4 nitrogen and oxygen atoms in total. The molecular weight excluding hydrogens is 376 g/mol. The first-order valence-corrected chi connectivity index (χ1v) is 10.2. The molecule has 0 spiro atoms. The molecule has 0 radical (unpaired) electrons. The Morgan fingerprint density at radius 3 is 2.62 bits per heavy atom. The largest absolute Gasteiger partial charge is 0.358 e. The van der Waals surface area contributed by atoms with Crippen LogP contribution in [0.15, 0.2) is 79.1 Å². The maximum atomic E-state index is 5.77. The van der Waals surface area contributed by atoms with Gasteiger partial charge in [0.15, 0.2) is 5.11 Å². The van der Waals surface area contributed by atoms with Crippen molar-refractivity contribution in [1.82, 2.24) is 14.9 Å². The predicted octanol–water partition coefficient (Wildman–Crippen LogP) is 5.31. The van der Waals surface area contributed by atoms with Crippen LogP contribution in [0.4, 0.5) is 5.69 Å². The number of fused-ring (bicyclic) bond motifs is 1. The van der Waals surface area contributed by atoms with Crippen molar-refractivity contribution in [3.63, 3.8) is 0 Å². The van der Waals surface area contributed by atoms with Crippen molar-refractivity contribution in [3.05, 3.63) is 95.9 Å². The standard InChI is InChI=1S/C24H24N4S/c1-18-21(22-11-5-6-12-23(22)26-18)13-15-28(17-19-8-7-14-25-16-19)24(29)27-20-9-3-2-4-10-20/h2-12,14,16,26H,13,15,17H2,1H3,(H,27,29). The van der Waals surface area contributed by atoms with E-state index < -0.39 is 0 Å². The van der Waals surface area contributed by atoms with Gasteiger partial charge in [-0.05, 0) is 61.0 Å². The molecule has 2 heterocycles. The second kappa shape index (κ2) is 8.88. The van der Waals surface area contributed by atoms with E-state index in [2.05, 4.69) is 57.4 Å². The number of para-hydroxylation sites is 2. The first-order valence-electron chi connectivity index (χ1n) is 9.77. The molecule has 29 heavy (non-hydrogen) atoms. The fourth-order valence-corrected chi connectivity index (χ4v) is 3.87. The number of thiocarbonyl (C=S) groups is 1. The molecule has 2 aromatic heterocycles. The number of aryl methyl sites for hydroxylation is 1. The van der Waals surface area contributed by atoms with Gasteiger partial charge < -0.3 is 15.2 Å². The summed E-state index contributed by atoms with van der Waals surface area (Å²) in [5.41, 5.74) is 5.88. The van der Waals surface area contributed by atoms with Gasteiger partial charge in [0.2, 0.25) is 0 Å². The number of H-pyrrole nitrogens is 1. The van der Waals surface area contributed by atoms with E-state index in [1.54, 1.807) is 6.20 Å². The van der Waals surface area contributed by atoms with Crippen molar-refractivity contribution in [1.29, 1.82) is 0 Å². The van der Waals surface area contributed by atoms with Crippen LogP contribution in [0.2, 0.25) is 0 Å². The van der Waals surface area contributed by atoms with Gasteiger partial charge in [-0.25, -0.2) is 0 Å². The molecule has 0 fully saturated rings. The Morgan fingerprint density at radius 2 is 1.83 bits per heavy atom. The number of hydrogen-bond acceptors (Lipinski definition) is 2. The van der Waals surface area contributed by atoms with Crippen LogP contribution < -0.4 is 5.32 Å². The minimum absolute atomic E-state index is 0.716. The monoisotopic (exact) mass is 400 g/mol. The minimum atomic E-state index is 0.716. The highest BCUT2D eigenvalue weighted by Gasteiger charge is 2.14. The average molecular weight is 401 g/mol. The fourth-order valence-electron chi connectivity index (χ4n) is 3.59. The van der Waals surface area contributed by atoms with Gasteiger partial charge in [0, 0.05) is 47.8 Å². The van der Waals surface area contributed by atoms with Gasteiger partial charge in [-0.15, -0.1) is 0 Å². The number of pyridine rings is 1. The molecular formula is C24H24N4S. The molecule has 0 aliphatic rings. The Kier molecular flexibility index (Phi) is 5.86. The summed E-state index contributed by atoms with van der Waals surface area (Å²) in [7, 11) is 0. The van der Waals surface area contributed by atoms with Gasteiger partial charge in [-0.2, -0.15) is 0 Å². The summed E-state index contributed by atoms with van der Waals surface area (Å²) in [6.45, 7) is 3.67. The third-order valence-corrected chi connectivity index (χ3v) is 5.43. The van der Waals surface area contributed by atoms with E-state index >= 15 is 0 Å². The van der Waals surface area contributed by atoms with Crippen molar-refractivity contribution < 1.29 is 0 Å². The van der Waals surface area contributed by atoms with Crippen LogP contribution in [-0.4, -0.2) is 26.5 Å². The molecule has 2 N–H and O–H groups in total. The van der Waals surface area contributed by atoms with E-state index in [0.717, 1.165) is 29.3 Å². The number of benzene rings is 2. The fraction of sp³-hybridized carbons (Fsp3) is 0.167. The number of aromatic amines is 1. The van der Waals surface area contributed by atoms with Crippen molar-refractivity contribution >= 4 is 33.9 Å². The highest BCUT2D eigenvalue weighted by atomic mass is 32.1. The Hall–Kier alpha value is -3.18. The molecule has 0 atom stereocenters. The van der Waals surface area contributed by atoms with E-state index in [1.807, 2.05) is 42.6 Å². The Bertz CT molecular complexity index is 1090. The second-order valence-corrected chi connectivity index (χ2v) is 7.49. The summed E-state index contributed by atoms with van der Waals surface area (Å²) in [6, 6.07) is 22.6. The summed E-state index contributed by atoms with van der Waals surface area (Å²) < 4.78 is 0. The molecule has 0 aliphatic heterocycles. The summed E-state index contributed by atoms with van der Waals surface area (Å²) in [6.07, 6.45) is 4.60. The van der Waals surface area contributed by atoms with Gasteiger partial charge in [-0.1, -0.05) is 42.5 Å². The maximum Gasteiger partial charge on any atom is 0.173 e. The lowest BCUT2D eigenvalue weighted by atomic mass is 10.1. The molecule has 0 saturated heterocycles. The Morgan fingerprint density at radius 1 is 1.03 bits per heavy atom. The zero-order chi connectivity index (χ0) is 20.1. The third-order valence-electron chi connectivity index (χ3n) is 5.07. The number of nitrogens with zero attached hydrogens (tertiary/aromatic N) is 2. The van der Waals surface area contributed by atoms with Gasteiger partial charge in [-0.3, -0.25) is 4.98 Å². The average Bonchev–Trinajstić information content (AvgIpc) is 3.07. The van der Waals surface area contributed by atoms with Crippen LogP contribution in [0, 0.1) is 6.92 Å². The van der Waals surface area contributed by atoms with Crippen LogP contribution in [0.5, 0.6) is 0 Å². The first-order chi connectivity index (χ1) is 14.2. The summed E-state index contributed by atoms with van der Waals surface area (Å²) in [5.74, 6) is 0. The number of anilines is 1. The molecule has 5 heteroatoms. The van der Waals surface area contributed by atoms with E-state index in [0.29, 0.717) is 6.54 Å². The topological polar surface area (TPSA) is 44.0 Å². The molecule has 0 saturated carbocycles. The second-order valence-electron chi connectivity index (χ2n) is 7.10. The molecule has 2 aromatic carbocycles. The molecule has 146 valence electrons. The molecule has 4 rings (SSSR count). The normalized spacial score (nSPS) is 10.8. The summed E-state index contributed by atoms with van der Waals surface area (Å²) in [5, 5.41) is 5.38. The van der Waals surface area contributed by atoms with Crippen molar-refractivity contribution in [3.8, 4) is 0 Å². The van der Waals surface area contributed by atoms with Gasteiger partial charge in [0.1, 0.15) is 0 Å². The highest BCUT2D eigenvalue weighted by molar-refractivity contribution is 7.80. The van der Waals surface area contributed by atoms with E-state index in [9.17, 15) is 0 Å². The van der Waals surface area contributed by atoms with Crippen molar-refractivity contribution in [2.45, 2.75) is 19.9 Å². The predicted molar refractivity (Wildman–Crippen MR) is 124 cm³/mol. The molecule has 0 aliphatic carbocycles. The zero-order valence-electron chi connectivity index (χ0n) is 16.4. The lowest BCUT2D eigenvalue weighted by Gasteiger charge is -2.26. The van der Waals surface area contributed by atoms with Crippen LogP contribution in [0.25, 0.3) is 10.9 Å². The van der Waals surface area contributed by atoms with E-state index in [4.69, 9.17) is 12.2 Å². The Labute approximate surface area is 176 Å². The highest BCUT2D eigenvalue weighted by Crippen LogP contribution is 2.23. The van der Waals surface area contributed by atoms with Gasteiger partial charge in [0.25, 0.3) is 0 Å². The minimum Gasteiger partial charge on any atom is -0.358 e. The lowest BCUT2D eigenvalue weighted by Crippen LogP contribution is -2.36. The number of aromatic nitrogens is 2. The summed E-state index contributed by atoms with van der Waals surface area (Å²) >= 11 is 5.77. The van der Waals surface area contributed by atoms with Crippen molar-refractivity contribution in [2.75, 3.05) is 11.9 Å². The van der Waals surface area contributed by atoms with E-state index in [1.165, 1.54) is 22.2 Å². The lowest BCUT2D eigenvalue weighted by molar-refractivity contribution is 0.422. The molecule has 0 bridgehead atoms. The quantitative estimate of drug-likeness (QED) is 0.430. The molecule has 0 unspecified atom stereocenters. The molecule has 0 amide bonds. The number of rotatable bonds is 6.